The number of nitrogens with one attached hydrogen (secondary N) is 1. The molecular weight excluding hydrogens is 262 g/mol. The lowest BCUT2D eigenvalue weighted by molar-refractivity contribution is 0.154. The van der Waals surface area contributed by atoms with Crippen molar-refractivity contribution in [3.05, 3.63) is 35.9 Å². The maximum absolute atomic E-state index is 12.5. The van der Waals surface area contributed by atoms with Crippen LogP contribution in [0.1, 0.15) is 44.1 Å². The summed E-state index contributed by atoms with van der Waals surface area (Å²) in [7, 11) is 0. The Morgan fingerprint density at radius 3 is 2.57 bits per heavy atom. The SMILES string of the molecule is NCCCN(C(=O)NCc1ccccc1)C1CCCCC1. The number of carbonyl (C=O) groups is 1. The fourth-order valence-corrected chi connectivity index (χ4v) is 2.98. The maximum Gasteiger partial charge on any atom is 0.317 e. The zero-order valence-corrected chi connectivity index (χ0v) is 12.8. The van der Waals surface area contributed by atoms with Crippen molar-refractivity contribution in [2.75, 3.05) is 13.1 Å². The molecule has 0 radical (unpaired) electrons. The highest BCUT2D eigenvalue weighted by Crippen LogP contribution is 2.22. The highest BCUT2D eigenvalue weighted by atomic mass is 16.2. The largest absolute Gasteiger partial charge is 0.334 e. The predicted molar refractivity (Wildman–Crippen MR) is 85.9 cm³/mol. The minimum atomic E-state index is 0.0548. The van der Waals surface area contributed by atoms with Gasteiger partial charge in [0.25, 0.3) is 0 Å². The number of amides is 2. The molecule has 1 saturated carbocycles. The van der Waals surface area contributed by atoms with Gasteiger partial charge in [-0.15, -0.1) is 0 Å². The van der Waals surface area contributed by atoms with Gasteiger partial charge in [-0.05, 0) is 31.4 Å². The van der Waals surface area contributed by atoms with E-state index < -0.39 is 0 Å². The second-order valence-electron chi connectivity index (χ2n) is 5.77. The quantitative estimate of drug-likeness (QED) is 0.846. The summed E-state index contributed by atoms with van der Waals surface area (Å²) in [5.41, 5.74) is 6.75. The Balaban J connectivity index is 1.90. The van der Waals surface area contributed by atoms with Gasteiger partial charge in [-0.25, -0.2) is 4.79 Å². The van der Waals surface area contributed by atoms with Crippen molar-refractivity contribution in [1.82, 2.24) is 10.2 Å². The van der Waals surface area contributed by atoms with E-state index in [-0.39, 0.29) is 6.03 Å². The molecule has 0 bridgehead atoms. The third-order valence-corrected chi connectivity index (χ3v) is 4.17. The van der Waals surface area contributed by atoms with Crippen LogP contribution in [0, 0.1) is 0 Å². The molecule has 1 aromatic carbocycles. The third-order valence-electron chi connectivity index (χ3n) is 4.17. The standard InChI is InChI=1S/C17H27N3O/c18-12-7-13-20(16-10-5-2-6-11-16)17(21)19-14-15-8-3-1-4-9-15/h1,3-4,8-9,16H,2,5-7,10-14,18H2,(H,19,21). The Morgan fingerprint density at radius 2 is 1.90 bits per heavy atom. The molecule has 0 spiro atoms. The monoisotopic (exact) mass is 289 g/mol. The molecule has 0 aromatic heterocycles. The zero-order valence-electron chi connectivity index (χ0n) is 12.8. The van der Waals surface area contributed by atoms with Gasteiger partial charge in [-0.3, -0.25) is 0 Å². The van der Waals surface area contributed by atoms with Crippen LogP contribution in [0.2, 0.25) is 0 Å². The Kier molecular flexibility index (Phi) is 6.54. The Labute approximate surface area is 127 Å². The number of hydrogen-bond donors (Lipinski definition) is 2. The van der Waals surface area contributed by atoms with Gasteiger partial charge in [0.15, 0.2) is 0 Å². The van der Waals surface area contributed by atoms with E-state index in [9.17, 15) is 4.79 Å². The summed E-state index contributed by atoms with van der Waals surface area (Å²) in [6.45, 7) is 1.99. The lowest BCUT2D eigenvalue weighted by atomic mass is 9.94. The fraction of sp³-hybridized carbons (Fsp3) is 0.588. The number of benzene rings is 1. The van der Waals surface area contributed by atoms with E-state index in [1.54, 1.807) is 0 Å². The van der Waals surface area contributed by atoms with E-state index in [1.807, 2.05) is 35.2 Å². The van der Waals surface area contributed by atoms with Crippen LogP contribution < -0.4 is 11.1 Å². The molecule has 0 unspecified atom stereocenters. The van der Waals surface area contributed by atoms with Gasteiger partial charge >= 0.3 is 6.03 Å². The molecule has 4 heteroatoms. The lowest BCUT2D eigenvalue weighted by Crippen LogP contribution is -2.47. The van der Waals surface area contributed by atoms with Crippen LogP contribution in [0.4, 0.5) is 4.79 Å². The van der Waals surface area contributed by atoms with Gasteiger partial charge in [0.2, 0.25) is 0 Å². The van der Waals surface area contributed by atoms with Crippen molar-refractivity contribution in [2.24, 2.45) is 5.73 Å². The van der Waals surface area contributed by atoms with E-state index in [1.165, 1.54) is 19.3 Å². The lowest BCUT2D eigenvalue weighted by Gasteiger charge is -2.34. The molecule has 2 amide bonds. The van der Waals surface area contributed by atoms with Crippen LogP contribution in [0.25, 0.3) is 0 Å². The summed E-state index contributed by atoms with van der Waals surface area (Å²) in [4.78, 5) is 14.5. The second-order valence-corrected chi connectivity index (χ2v) is 5.77. The van der Waals surface area contributed by atoms with Crippen LogP contribution in [0.3, 0.4) is 0 Å². The van der Waals surface area contributed by atoms with E-state index in [0.717, 1.165) is 31.4 Å². The van der Waals surface area contributed by atoms with Gasteiger partial charge in [-0.2, -0.15) is 0 Å². The molecule has 4 nitrogen and oxygen atoms in total. The predicted octanol–water partition coefficient (Wildman–Crippen LogP) is 2.88. The molecule has 1 aromatic rings. The molecule has 3 N–H and O–H groups in total. The molecule has 0 atom stereocenters. The zero-order chi connectivity index (χ0) is 14.9. The molecule has 0 saturated heterocycles. The maximum atomic E-state index is 12.5. The molecule has 2 rings (SSSR count). The molecule has 1 aliphatic carbocycles. The van der Waals surface area contributed by atoms with Gasteiger partial charge < -0.3 is 16.0 Å². The molecule has 1 fully saturated rings. The Morgan fingerprint density at radius 1 is 1.19 bits per heavy atom. The first-order valence-electron chi connectivity index (χ1n) is 8.09. The summed E-state index contributed by atoms with van der Waals surface area (Å²) < 4.78 is 0. The van der Waals surface area contributed by atoms with Crippen molar-refractivity contribution in [1.29, 1.82) is 0 Å². The first-order chi connectivity index (χ1) is 10.3. The number of nitrogens with zero attached hydrogens (tertiary/aromatic N) is 1. The van der Waals surface area contributed by atoms with Crippen LogP contribution in [-0.4, -0.2) is 30.1 Å². The van der Waals surface area contributed by atoms with Gasteiger partial charge in [-0.1, -0.05) is 49.6 Å². The van der Waals surface area contributed by atoms with Crippen molar-refractivity contribution >= 4 is 6.03 Å². The molecular formula is C17H27N3O. The molecule has 21 heavy (non-hydrogen) atoms. The smallest absolute Gasteiger partial charge is 0.317 e. The normalized spacial score (nSPS) is 15.7. The third kappa shape index (κ3) is 5.05. The van der Waals surface area contributed by atoms with E-state index in [0.29, 0.717) is 19.1 Å². The molecule has 0 heterocycles. The Bertz CT molecular complexity index is 415. The van der Waals surface area contributed by atoms with Gasteiger partial charge in [0.1, 0.15) is 0 Å². The Hall–Kier alpha value is -1.55. The van der Waals surface area contributed by atoms with Crippen molar-refractivity contribution < 1.29 is 4.79 Å². The van der Waals surface area contributed by atoms with Crippen LogP contribution >= 0.6 is 0 Å². The molecule has 1 aliphatic rings. The average molecular weight is 289 g/mol. The topological polar surface area (TPSA) is 58.4 Å². The van der Waals surface area contributed by atoms with Gasteiger partial charge in [0, 0.05) is 19.1 Å². The number of rotatable bonds is 6. The van der Waals surface area contributed by atoms with Gasteiger partial charge in [0.05, 0.1) is 0 Å². The van der Waals surface area contributed by atoms with Crippen LogP contribution in [-0.2, 0) is 6.54 Å². The highest BCUT2D eigenvalue weighted by Gasteiger charge is 2.24. The summed E-state index contributed by atoms with van der Waals surface area (Å²) >= 11 is 0. The van der Waals surface area contributed by atoms with Crippen molar-refractivity contribution in [3.63, 3.8) is 0 Å². The number of nitrogens with two attached hydrogens (primary N) is 1. The molecule has 116 valence electrons. The van der Waals surface area contributed by atoms with Crippen molar-refractivity contribution in [2.45, 2.75) is 51.1 Å². The minimum absolute atomic E-state index is 0.0548. The van der Waals surface area contributed by atoms with Crippen molar-refractivity contribution in [3.8, 4) is 0 Å². The average Bonchev–Trinajstić information content (AvgIpc) is 2.55. The van der Waals surface area contributed by atoms with Crippen LogP contribution in [0.15, 0.2) is 30.3 Å². The van der Waals surface area contributed by atoms with E-state index in [4.69, 9.17) is 5.73 Å². The highest BCUT2D eigenvalue weighted by molar-refractivity contribution is 5.74. The minimum Gasteiger partial charge on any atom is -0.334 e. The van der Waals surface area contributed by atoms with Crippen LogP contribution in [0.5, 0.6) is 0 Å². The number of hydrogen-bond acceptors (Lipinski definition) is 2. The summed E-state index contributed by atoms with van der Waals surface area (Å²) in [6.07, 6.45) is 6.89. The number of urea groups is 1. The first kappa shape index (κ1) is 15.8. The fourth-order valence-electron chi connectivity index (χ4n) is 2.98. The van der Waals surface area contributed by atoms with E-state index in [2.05, 4.69) is 5.32 Å². The summed E-state index contributed by atoms with van der Waals surface area (Å²) in [6, 6.07) is 10.5. The summed E-state index contributed by atoms with van der Waals surface area (Å²) in [5.74, 6) is 0. The van der Waals surface area contributed by atoms with E-state index >= 15 is 0 Å². The summed E-state index contributed by atoms with van der Waals surface area (Å²) in [5, 5.41) is 3.05. The molecule has 0 aliphatic heterocycles. The number of carbonyl (C=O) groups excluding carboxylic acids is 1. The first-order valence-corrected chi connectivity index (χ1v) is 8.09. The second kappa shape index (κ2) is 8.67.